The Labute approximate surface area is 168 Å². The van der Waals surface area contributed by atoms with Crippen LogP contribution in [0.5, 0.6) is 11.5 Å². The van der Waals surface area contributed by atoms with E-state index in [1.54, 1.807) is 18.0 Å². The zero-order valence-corrected chi connectivity index (χ0v) is 16.9. The van der Waals surface area contributed by atoms with Crippen molar-refractivity contribution in [2.45, 2.75) is 38.4 Å². The van der Waals surface area contributed by atoms with Crippen LogP contribution in [0.2, 0.25) is 5.02 Å². The van der Waals surface area contributed by atoms with Crippen LogP contribution in [-0.4, -0.2) is 38.6 Å². The van der Waals surface area contributed by atoms with Crippen molar-refractivity contribution in [3.8, 4) is 11.5 Å². The average molecular weight is 404 g/mol. The molecule has 4 rings (SSSR count). The van der Waals surface area contributed by atoms with Crippen molar-refractivity contribution < 1.29 is 9.84 Å². The molecule has 0 aliphatic carbocycles. The quantitative estimate of drug-likeness (QED) is 0.775. The SMILES string of the molecule is CCOc1cc([C@@H]2[C@@H](c3ccccn3)N=C3SC[C@H](CC)N32)cc(Cl)c1O. The Kier molecular flexibility index (Phi) is 5.19. The summed E-state index contributed by atoms with van der Waals surface area (Å²) >= 11 is 8.13. The van der Waals surface area contributed by atoms with Crippen LogP contribution in [0, 0.1) is 0 Å². The fourth-order valence-corrected chi connectivity index (χ4v) is 5.30. The molecule has 5 nitrogen and oxygen atoms in total. The van der Waals surface area contributed by atoms with Gasteiger partial charge in [0, 0.05) is 18.0 Å². The number of phenolic OH excluding ortho intramolecular Hbond substituents is 1. The van der Waals surface area contributed by atoms with Gasteiger partial charge in [-0.3, -0.25) is 9.98 Å². The zero-order chi connectivity index (χ0) is 19.0. The first-order chi connectivity index (χ1) is 13.1. The Morgan fingerprint density at radius 3 is 2.89 bits per heavy atom. The number of fused-ring (bicyclic) bond motifs is 1. The summed E-state index contributed by atoms with van der Waals surface area (Å²) in [5.74, 6) is 1.43. The number of hydrogen-bond donors (Lipinski definition) is 1. The first-order valence-corrected chi connectivity index (χ1v) is 10.6. The van der Waals surface area contributed by atoms with Gasteiger partial charge in [0.2, 0.25) is 0 Å². The monoisotopic (exact) mass is 403 g/mol. The maximum Gasteiger partial charge on any atom is 0.176 e. The van der Waals surface area contributed by atoms with E-state index >= 15 is 0 Å². The number of pyridine rings is 1. The van der Waals surface area contributed by atoms with Crippen molar-refractivity contribution in [3.63, 3.8) is 0 Å². The highest BCUT2D eigenvalue weighted by atomic mass is 35.5. The van der Waals surface area contributed by atoms with Crippen LogP contribution < -0.4 is 4.74 Å². The molecule has 2 aromatic rings. The van der Waals surface area contributed by atoms with E-state index in [-0.39, 0.29) is 17.8 Å². The molecule has 1 aromatic carbocycles. The van der Waals surface area contributed by atoms with Gasteiger partial charge in [-0.05, 0) is 43.2 Å². The smallest absolute Gasteiger partial charge is 0.176 e. The van der Waals surface area contributed by atoms with Crippen LogP contribution in [-0.2, 0) is 0 Å². The molecule has 0 saturated carbocycles. The van der Waals surface area contributed by atoms with Crippen LogP contribution in [0.1, 0.15) is 43.6 Å². The van der Waals surface area contributed by atoms with Gasteiger partial charge in [0.25, 0.3) is 0 Å². The van der Waals surface area contributed by atoms with E-state index in [4.69, 9.17) is 21.3 Å². The van der Waals surface area contributed by atoms with Gasteiger partial charge in [-0.25, -0.2) is 0 Å². The molecule has 0 spiro atoms. The van der Waals surface area contributed by atoms with Crippen LogP contribution >= 0.6 is 23.4 Å². The lowest BCUT2D eigenvalue weighted by Gasteiger charge is -2.32. The number of aromatic nitrogens is 1. The number of amidine groups is 1. The predicted molar refractivity (Wildman–Crippen MR) is 110 cm³/mol. The van der Waals surface area contributed by atoms with Gasteiger partial charge in [-0.1, -0.05) is 36.4 Å². The molecule has 2 aliphatic rings. The number of phenols is 1. The van der Waals surface area contributed by atoms with Gasteiger partial charge < -0.3 is 14.7 Å². The Morgan fingerprint density at radius 1 is 1.33 bits per heavy atom. The molecule has 1 fully saturated rings. The highest BCUT2D eigenvalue weighted by Gasteiger charge is 2.45. The number of halogens is 1. The Hall–Kier alpha value is -1.92. The van der Waals surface area contributed by atoms with Gasteiger partial charge in [0.05, 0.1) is 23.4 Å². The van der Waals surface area contributed by atoms with Crippen molar-refractivity contribution in [1.82, 2.24) is 9.88 Å². The molecule has 3 atom stereocenters. The van der Waals surface area contributed by atoms with Crippen LogP contribution in [0.3, 0.4) is 0 Å². The third kappa shape index (κ3) is 3.25. The fraction of sp³-hybridized carbons (Fsp3) is 0.400. The molecular formula is C20H22ClN3O2S. The molecular weight excluding hydrogens is 382 g/mol. The highest BCUT2D eigenvalue weighted by molar-refractivity contribution is 8.14. The number of aromatic hydroxyl groups is 1. The maximum absolute atomic E-state index is 10.2. The average Bonchev–Trinajstić information content (AvgIpc) is 3.25. The number of aliphatic imine (C=N–C) groups is 1. The molecule has 1 saturated heterocycles. The van der Waals surface area contributed by atoms with Crippen molar-refractivity contribution >= 4 is 28.5 Å². The first kappa shape index (κ1) is 18.4. The zero-order valence-electron chi connectivity index (χ0n) is 15.3. The van der Waals surface area contributed by atoms with Crippen LogP contribution in [0.4, 0.5) is 0 Å². The lowest BCUT2D eigenvalue weighted by atomic mass is 9.95. The highest BCUT2D eigenvalue weighted by Crippen LogP contribution is 2.50. The maximum atomic E-state index is 10.2. The molecule has 0 amide bonds. The summed E-state index contributed by atoms with van der Waals surface area (Å²) in [4.78, 5) is 11.9. The van der Waals surface area contributed by atoms with Crippen LogP contribution in [0.25, 0.3) is 0 Å². The van der Waals surface area contributed by atoms with E-state index in [0.717, 1.165) is 28.6 Å². The lowest BCUT2D eigenvalue weighted by molar-refractivity contribution is 0.253. The van der Waals surface area contributed by atoms with Gasteiger partial charge in [0.15, 0.2) is 16.7 Å². The third-order valence-electron chi connectivity index (χ3n) is 5.02. The molecule has 27 heavy (non-hydrogen) atoms. The summed E-state index contributed by atoms with van der Waals surface area (Å²) in [5.41, 5.74) is 1.92. The summed E-state index contributed by atoms with van der Waals surface area (Å²) < 4.78 is 5.61. The van der Waals surface area contributed by atoms with E-state index in [1.807, 2.05) is 37.3 Å². The normalized spacial score (nSPS) is 24.0. The largest absolute Gasteiger partial charge is 0.503 e. The van der Waals surface area contributed by atoms with E-state index in [9.17, 15) is 5.11 Å². The molecule has 142 valence electrons. The molecule has 3 heterocycles. The van der Waals surface area contributed by atoms with Crippen molar-refractivity contribution in [3.05, 3.63) is 52.8 Å². The molecule has 0 unspecified atom stereocenters. The van der Waals surface area contributed by atoms with E-state index in [1.165, 1.54) is 0 Å². The molecule has 7 heteroatoms. The molecule has 1 aromatic heterocycles. The summed E-state index contributed by atoms with van der Waals surface area (Å²) in [5, 5.41) is 11.6. The second-order valence-electron chi connectivity index (χ2n) is 6.62. The number of rotatable bonds is 5. The molecule has 0 bridgehead atoms. The van der Waals surface area contributed by atoms with Gasteiger partial charge >= 0.3 is 0 Å². The minimum atomic E-state index is -0.113. The van der Waals surface area contributed by atoms with Gasteiger partial charge in [-0.2, -0.15) is 0 Å². The van der Waals surface area contributed by atoms with Gasteiger partial charge in [-0.15, -0.1) is 0 Å². The van der Waals surface area contributed by atoms with Gasteiger partial charge in [0.1, 0.15) is 6.04 Å². The van der Waals surface area contributed by atoms with Crippen molar-refractivity contribution in [2.24, 2.45) is 4.99 Å². The summed E-state index contributed by atoms with van der Waals surface area (Å²) in [6.07, 6.45) is 2.84. The number of nitrogens with zero attached hydrogens (tertiary/aromatic N) is 3. The second-order valence-corrected chi connectivity index (χ2v) is 8.01. The molecule has 0 radical (unpaired) electrons. The van der Waals surface area contributed by atoms with E-state index in [2.05, 4.69) is 16.8 Å². The third-order valence-corrected chi connectivity index (χ3v) is 6.44. The Balaban J connectivity index is 1.82. The van der Waals surface area contributed by atoms with Crippen molar-refractivity contribution in [1.29, 1.82) is 0 Å². The Morgan fingerprint density at radius 2 is 2.19 bits per heavy atom. The number of hydrogen-bond acceptors (Lipinski definition) is 6. The number of benzene rings is 1. The first-order valence-electron chi connectivity index (χ1n) is 9.19. The predicted octanol–water partition coefficient (Wildman–Crippen LogP) is 4.82. The summed E-state index contributed by atoms with van der Waals surface area (Å²) in [6, 6.07) is 9.91. The fourth-order valence-electron chi connectivity index (χ4n) is 3.74. The summed E-state index contributed by atoms with van der Waals surface area (Å²) in [6.45, 7) is 4.55. The van der Waals surface area contributed by atoms with E-state index in [0.29, 0.717) is 23.4 Å². The second kappa shape index (κ2) is 7.60. The Bertz CT molecular complexity index is 862. The molecule has 2 aliphatic heterocycles. The lowest BCUT2D eigenvalue weighted by Crippen LogP contribution is -2.35. The topological polar surface area (TPSA) is 58.0 Å². The number of thioether (sulfide) groups is 1. The minimum Gasteiger partial charge on any atom is -0.503 e. The standard InChI is InChI=1S/C20H22ClN3O2S/c1-3-13-11-27-20-23-17(15-7-5-6-8-22-15)18(24(13)20)12-9-14(21)19(25)16(10-12)26-4-2/h5-10,13,17-18,25H,3-4,11H2,1-2H3/t13-,17+,18+/m0/s1. The van der Waals surface area contributed by atoms with E-state index < -0.39 is 0 Å². The number of ether oxygens (including phenoxy) is 1. The van der Waals surface area contributed by atoms with Crippen LogP contribution in [0.15, 0.2) is 41.5 Å². The summed E-state index contributed by atoms with van der Waals surface area (Å²) in [7, 11) is 0. The molecule has 1 N–H and O–H groups in total. The minimum absolute atomic E-state index is 0.0152. The van der Waals surface area contributed by atoms with Crippen molar-refractivity contribution in [2.75, 3.05) is 12.4 Å².